The Kier molecular flexibility index (Phi) is 3.47. The summed E-state index contributed by atoms with van der Waals surface area (Å²) in [6, 6.07) is 0. The third-order valence-corrected chi connectivity index (χ3v) is 3.54. The van der Waals surface area contributed by atoms with Gasteiger partial charge in [-0.3, -0.25) is 4.79 Å². The summed E-state index contributed by atoms with van der Waals surface area (Å²) in [5, 5.41) is 12.5. The van der Waals surface area contributed by atoms with E-state index in [2.05, 4.69) is 15.3 Å². The van der Waals surface area contributed by atoms with Crippen LogP contribution in [0.3, 0.4) is 0 Å². The minimum absolute atomic E-state index is 0.00219. The van der Waals surface area contributed by atoms with Gasteiger partial charge in [0.25, 0.3) is 5.91 Å². The molecule has 2 rings (SSSR count). The number of aliphatic hydroxyl groups excluding tert-OH is 1. The molecule has 17 heavy (non-hydrogen) atoms. The van der Waals surface area contributed by atoms with Gasteiger partial charge in [0.2, 0.25) is 0 Å². The highest BCUT2D eigenvalue weighted by molar-refractivity contribution is 5.93. The quantitative estimate of drug-likeness (QED) is 0.737. The molecule has 0 aromatic carbocycles. The zero-order chi connectivity index (χ0) is 12.3. The van der Waals surface area contributed by atoms with E-state index < -0.39 is 5.54 Å². The first-order valence-corrected chi connectivity index (χ1v) is 6.10. The minimum atomic E-state index is -0.444. The number of nitrogens with one attached hydrogen (secondary N) is 2. The fourth-order valence-electron chi connectivity index (χ4n) is 2.44. The lowest BCUT2D eigenvalue weighted by Crippen LogP contribution is -2.52. The lowest BCUT2D eigenvalue weighted by molar-refractivity contribution is 0.0754. The summed E-state index contributed by atoms with van der Waals surface area (Å²) in [5.74, 6) is -0.195. The van der Waals surface area contributed by atoms with E-state index in [0.717, 1.165) is 31.4 Å². The molecule has 1 saturated carbocycles. The summed E-state index contributed by atoms with van der Waals surface area (Å²) >= 11 is 0. The minimum Gasteiger partial charge on any atom is -0.394 e. The first kappa shape index (κ1) is 12.1. The lowest BCUT2D eigenvalue weighted by Gasteiger charge is -2.36. The zero-order valence-corrected chi connectivity index (χ0v) is 10.1. The second-order valence-electron chi connectivity index (χ2n) is 4.83. The van der Waals surface area contributed by atoms with Crippen molar-refractivity contribution in [2.75, 3.05) is 6.61 Å². The molecule has 1 fully saturated rings. The molecular weight excluding hydrogens is 218 g/mol. The van der Waals surface area contributed by atoms with Crippen LogP contribution >= 0.6 is 0 Å². The van der Waals surface area contributed by atoms with E-state index in [0.29, 0.717) is 5.69 Å². The molecule has 1 aromatic heterocycles. The molecular formula is C12H19N3O2. The van der Waals surface area contributed by atoms with Crippen LogP contribution in [-0.4, -0.2) is 33.1 Å². The molecule has 0 bridgehead atoms. The van der Waals surface area contributed by atoms with Crippen LogP contribution < -0.4 is 5.32 Å². The Balaban J connectivity index is 2.08. The largest absolute Gasteiger partial charge is 0.394 e. The molecule has 5 nitrogen and oxygen atoms in total. The Morgan fingerprint density at radius 2 is 2.24 bits per heavy atom. The number of carbonyl (C=O) groups is 1. The SMILES string of the molecule is Cc1[nH]cnc1C(=O)NC1(CO)CCCCC1. The Morgan fingerprint density at radius 3 is 2.76 bits per heavy atom. The van der Waals surface area contributed by atoms with Crippen LogP contribution in [-0.2, 0) is 0 Å². The third kappa shape index (κ3) is 2.49. The van der Waals surface area contributed by atoms with Gasteiger partial charge >= 0.3 is 0 Å². The number of aromatic nitrogens is 2. The monoisotopic (exact) mass is 237 g/mol. The number of aryl methyl sites for hydroxylation is 1. The second kappa shape index (κ2) is 4.87. The number of H-pyrrole nitrogens is 1. The number of amides is 1. The molecule has 94 valence electrons. The normalized spacial score (nSPS) is 18.9. The number of carbonyl (C=O) groups excluding carboxylic acids is 1. The van der Waals surface area contributed by atoms with Crippen LogP contribution in [0.2, 0.25) is 0 Å². The van der Waals surface area contributed by atoms with Crippen LogP contribution in [0.1, 0.15) is 48.3 Å². The van der Waals surface area contributed by atoms with Gasteiger partial charge in [0.05, 0.1) is 18.5 Å². The van der Waals surface area contributed by atoms with Gasteiger partial charge < -0.3 is 15.4 Å². The van der Waals surface area contributed by atoms with Crippen molar-refractivity contribution in [3.05, 3.63) is 17.7 Å². The van der Waals surface area contributed by atoms with Crippen LogP contribution in [0.4, 0.5) is 0 Å². The first-order valence-electron chi connectivity index (χ1n) is 6.10. The highest BCUT2D eigenvalue weighted by atomic mass is 16.3. The molecule has 1 aliphatic rings. The number of imidazole rings is 1. The summed E-state index contributed by atoms with van der Waals surface area (Å²) in [6.45, 7) is 1.82. The Morgan fingerprint density at radius 1 is 1.53 bits per heavy atom. The van der Waals surface area contributed by atoms with Gasteiger partial charge in [0.1, 0.15) is 5.69 Å². The zero-order valence-electron chi connectivity index (χ0n) is 10.1. The molecule has 0 aliphatic heterocycles. The van der Waals surface area contributed by atoms with E-state index in [-0.39, 0.29) is 12.5 Å². The molecule has 0 spiro atoms. The number of rotatable bonds is 3. The number of aromatic amines is 1. The maximum Gasteiger partial charge on any atom is 0.272 e. The topological polar surface area (TPSA) is 78.0 Å². The summed E-state index contributed by atoms with van der Waals surface area (Å²) in [7, 11) is 0. The lowest BCUT2D eigenvalue weighted by atomic mass is 9.82. The predicted molar refractivity (Wildman–Crippen MR) is 63.7 cm³/mol. The van der Waals surface area contributed by atoms with Gasteiger partial charge in [0, 0.05) is 5.69 Å². The van der Waals surface area contributed by atoms with Gasteiger partial charge in [-0.15, -0.1) is 0 Å². The number of hydrogen-bond acceptors (Lipinski definition) is 3. The smallest absolute Gasteiger partial charge is 0.272 e. The van der Waals surface area contributed by atoms with E-state index >= 15 is 0 Å². The number of hydrogen-bond donors (Lipinski definition) is 3. The van der Waals surface area contributed by atoms with Crippen molar-refractivity contribution < 1.29 is 9.90 Å². The third-order valence-electron chi connectivity index (χ3n) is 3.54. The predicted octanol–water partition coefficient (Wildman–Crippen LogP) is 1.14. The van der Waals surface area contributed by atoms with E-state index in [1.807, 2.05) is 6.92 Å². The van der Waals surface area contributed by atoms with Gasteiger partial charge in [-0.1, -0.05) is 19.3 Å². The molecule has 1 aromatic rings. The standard InChI is InChI=1S/C12H19N3O2/c1-9-10(14-8-13-9)11(17)15-12(7-16)5-3-2-4-6-12/h8,16H,2-7H2,1H3,(H,13,14)(H,15,17). The molecule has 1 amide bonds. The van der Waals surface area contributed by atoms with Crippen molar-refractivity contribution >= 4 is 5.91 Å². The molecule has 0 atom stereocenters. The van der Waals surface area contributed by atoms with E-state index in [1.54, 1.807) is 0 Å². The van der Waals surface area contributed by atoms with Crippen molar-refractivity contribution in [2.45, 2.75) is 44.6 Å². The van der Waals surface area contributed by atoms with Crippen LogP contribution in [0.15, 0.2) is 6.33 Å². The first-order chi connectivity index (χ1) is 8.17. The van der Waals surface area contributed by atoms with Gasteiger partial charge in [-0.2, -0.15) is 0 Å². The Labute approximate surface area is 101 Å². The summed E-state index contributed by atoms with van der Waals surface area (Å²) in [4.78, 5) is 18.9. The average Bonchev–Trinajstić information content (AvgIpc) is 2.77. The highest BCUT2D eigenvalue weighted by Crippen LogP contribution is 2.28. The molecule has 1 aliphatic carbocycles. The van der Waals surface area contributed by atoms with E-state index in [1.165, 1.54) is 12.7 Å². The fourth-order valence-corrected chi connectivity index (χ4v) is 2.44. The second-order valence-corrected chi connectivity index (χ2v) is 4.83. The summed E-state index contributed by atoms with van der Waals surface area (Å²) < 4.78 is 0. The van der Waals surface area contributed by atoms with Crippen molar-refractivity contribution in [2.24, 2.45) is 0 Å². The van der Waals surface area contributed by atoms with Crippen molar-refractivity contribution in [3.8, 4) is 0 Å². The van der Waals surface area contributed by atoms with E-state index in [4.69, 9.17) is 0 Å². The molecule has 3 N–H and O–H groups in total. The molecule has 0 unspecified atom stereocenters. The van der Waals surface area contributed by atoms with Gasteiger partial charge in [-0.05, 0) is 19.8 Å². The number of aliphatic hydroxyl groups is 1. The fraction of sp³-hybridized carbons (Fsp3) is 0.667. The Hall–Kier alpha value is -1.36. The summed E-state index contributed by atoms with van der Waals surface area (Å²) in [6.07, 6.45) is 6.49. The highest BCUT2D eigenvalue weighted by Gasteiger charge is 2.33. The van der Waals surface area contributed by atoms with Gasteiger partial charge in [-0.25, -0.2) is 4.98 Å². The Bertz CT molecular complexity index is 394. The average molecular weight is 237 g/mol. The van der Waals surface area contributed by atoms with Crippen molar-refractivity contribution in [1.82, 2.24) is 15.3 Å². The maximum absolute atomic E-state index is 12.1. The number of nitrogens with zero attached hydrogens (tertiary/aromatic N) is 1. The summed E-state index contributed by atoms with van der Waals surface area (Å²) in [5.41, 5.74) is 0.732. The van der Waals surface area contributed by atoms with Crippen LogP contribution in [0, 0.1) is 6.92 Å². The molecule has 5 heteroatoms. The van der Waals surface area contributed by atoms with Gasteiger partial charge in [0.15, 0.2) is 0 Å². The molecule has 0 saturated heterocycles. The molecule has 1 heterocycles. The van der Waals surface area contributed by atoms with Crippen molar-refractivity contribution in [3.63, 3.8) is 0 Å². The van der Waals surface area contributed by atoms with Crippen molar-refractivity contribution in [1.29, 1.82) is 0 Å². The van der Waals surface area contributed by atoms with Crippen LogP contribution in [0.5, 0.6) is 0 Å². The van der Waals surface area contributed by atoms with E-state index in [9.17, 15) is 9.90 Å². The van der Waals surface area contributed by atoms with Crippen LogP contribution in [0.25, 0.3) is 0 Å². The molecule has 0 radical (unpaired) electrons. The maximum atomic E-state index is 12.1.